The van der Waals surface area contributed by atoms with Gasteiger partial charge < -0.3 is 10.2 Å². The van der Waals surface area contributed by atoms with Crippen LogP contribution in [0.1, 0.15) is 31.9 Å². The van der Waals surface area contributed by atoms with E-state index in [4.69, 9.17) is 0 Å². The Morgan fingerprint density at radius 3 is 2.48 bits per heavy atom. The lowest BCUT2D eigenvalue weighted by molar-refractivity contribution is -0.136. The molecular weight excluding hydrogens is 316 g/mol. The zero-order valence-electron chi connectivity index (χ0n) is 13.4. The molecule has 7 heteroatoms. The van der Waals surface area contributed by atoms with Crippen molar-refractivity contribution in [2.24, 2.45) is 0 Å². The fourth-order valence-corrected chi connectivity index (χ4v) is 4.52. The summed E-state index contributed by atoms with van der Waals surface area (Å²) in [7, 11) is -3.10. The summed E-state index contributed by atoms with van der Waals surface area (Å²) in [5, 5.41) is 2.84. The summed E-state index contributed by atoms with van der Waals surface area (Å²) in [6, 6.07) is 8.93. The van der Waals surface area contributed by atoms with Crippen molar-refractivity contribution in [3.8, 4) is 0 Å². The molecule has 0 aromatic heterocycles. The van der Waals surface area contributed by atoms with Crippen LogP contribution in [0.15, 0.2) is 30.3 Å². The van der Waals surface area contributed by atoms with Crippen molar-refractivity contribution in [1.29, 1.82) is 0 Å². The molecule has 2 amide bonds. The van der Waals surface area contributed by atoms with Gasteiger partial charge in [0.05, 0.1) is 24.1 Å². The zero-order chi connectivity index (χ0) is 17.0. The van der Waals surface area contributed by atoms with Crippen molar-refractivity contribution in [2.75, 3.05) is 18.1 Å². The van der Waals surface area contributed by atoms with Crippen molar-refractivity contribution >= 4 is 21.7 Å². The van der Waals surface area contributed by atoms with Crippen LogP contribution in [0.3, 0.4) is 0 Å². The van der Waals surface area contributed by atoms with Gasteiger partial charge >= 0.3 is 0 Å². The van der Waals surface area contributed by atoms with E-state index in [1.54, 1.807) is 0 Å². The minimum atomic E-state index is -3.10. The van der Waals surface area contributed by atoms with Crippen LogP contribution in [0.5, 0.6) is 0 Å². The van der Waals surface area contributed by atoms with Crippen LogP contribution >= 0.6 is 0 Å². The van der Waals surface area contributed by atoms with Crippen LogP contribution in [0.2, 0.25) is 0 Å². The Labute approximate surface area is 136 Å². The van der Waals surface area contributed by atoms with Gasteiger partial charge in [-0.25, -0.2) is 8.42 Å². The summed E-state index contributed by atoms with van der Waals surface area (Å²) in [6.45, 7) is 3.11. The van der Waals surface area contributed by atoms with Crippen LogP contribution in [-0.2, 0) is 19.4 Å². The summed E-state index contributed by atoms with van der Waals surface area (Å²) in [6.07, 6.45) is 0.392. The van der Waals surface area contributed by atoms with E-state index in [0.717, 1.165) is 5.56 Å². The molecule has 126 valence electrons. The van der Waals surface area contributed by atoms with Crippen LogP contribution < -0.4 is 5.32 Å². The minimum Gasteiger partial charge on any atom is -0.348 e. The van der Waals surface area contributed by atoms with Crippen molar-refractivity contribution in [3.63, 3.8) is 0 Å². The molecule has 0 aliphatic carbocycles. The third kappa shape index (κ3) is 4.79. The van der Waals surface area contributed by atoms with E-state index in [0.29, 0.717) is 6.42 Å². The molecule has 1 aromatic rings. The Morgan fingerprint density at radius 2 is 1.96 bits per heavy atom. The smallest absolute Gasteiger partial charge is 0.240 e. The Hall–Kier alpha value is -1.89. The van der Waals surface area contributed by atoms with Gasteiger partial charge in [0, 0.05) is 13.0 Å². The van der Waals surface area contributed by atoms with Gasteiger partial charge in [0.1, 0.15) is 0 Å². The topological polar surface area (TPSA) is 83.6 Å². The highest BCUT2D eigenvalue weighted by molar-refractivity contribution is 7.91. The van der Waals surface area contributed by atoms with E-state index < -0.39 is 15.9 Å². The summed E-state index contributed by atoms with van der Waals surface area (Å²) in [5.74, 6) is -0.562. The quantitative estimate of drug-likeness (QED) is 0.864. The molecule has 23 heavy (non-hydrogen) atoms. The number of benzene rings is 1. The van der Waals surface area contributed by atoms with Crippen LogP contribution in [0.25, 0.3) is 0 Å². The van der Waals surface area contributed by atoms with Gasteiger partial charge in [0.15, 0.2) is 9.84 Å². The Balaban J connectivity index is 1.97. The zero-order valence-corrected chi connectivity index (χ0v) is 14.2. The minimum absolute atomic E-state index is 0.0614. The lowest BCUT2D eigenvalue weighted by Gasteiger charge is -2.27. The average molecular weight is 338 g/mol. The second kappa shape index (κ2) is 7.12. The standard InChI is InChI=1S/C16H22N2O4S/c1-12(14-6-4-3-5-7-14)17-16(20)10-18(13(2)19)15-8-9-23(21,22)11-15/h3-7,12,15H,8-11H2,1-2H3,(H,17,20). The fourth-order valence-electron chi connectivity index (χ4n) is 2.79. The third-order valence-corrected chi connectivity index (χ3v) is 5.80. The first-order chi connectivity index (χ1) is 10.8. The first kappa shape index (κ1) is 17.5. The molecule has 1 heterocycles. The molecule has 2 atom stereocenters. The predicted molar refractivity (Wildman–Crippen MR) is 87.4 cm³/mol. The number of carbonyl (C=O) groups is 2. The molecule has 1 aliphatic heterocycles. The van der Waals surface area contributed by atoms with Gasteiger partial charge in [-0.05, 0) is 18.9 Å². The van der Waals surface area contributed by atoms with E-state index in [-0.39, 0.29) is 35.9 Å². The van der Waals surface area contributed by atoms with E-state index in [9.17, 15) is 18.0 Å². The number of nitrogens with one attached hydrogen (secondary N) is 1. The maximum absolute atomic E-state index is 12.2. The van der Waals surface area contributed by atoms with Crippen LogP contribution in [-0.4, -0.2) is 49.2 Å². The van der Waals surface area contributed by atoms with Crippen molar-refractivity contribution < 1.29 is 18.0 Å². The predicted octanol–water partition coefficient (Wildman–Crippen LogP) is 0.899. The number of rotatable bonds is 5. The Morgan fingerprint density at radius 1 is 1.30 bits per heavy atom. The molecule has 1 fully saturated rings. The number of sulfone groups is 1. The number of hydrogen-bond donors (Lipinski definition) is 1. The SMILES string of the molecule is CC(=O)N(CC(=O)NC(C)c1ccccc1)C1CCS(=O)(=O)C1. The average Bonchev–Trinajstić information content (AvgIpc) is 2.85. The number of nitrogens with zero attached hydrogens (tertiary/aromatic N) is 1. The molecule has 0 saturated carbocycles. The van der Waals surface area contributed by atoms with Gasteiger partial charge in [-0.2, -0.15) is 0 Å². The Bertz CT molecular complexity index is 673. The van der Waals surface area contributed by atoms with Crippen LogP contribution in [0, 0.1) is 0 Å². The summed E-state index contributed by atoms with van der Waals surface area (Å²) in [4.78, 5) is 25.3. The van der Waals surface area contributed by atoms with Crippen molar-refractivity contribution in [3.05, 3.63) is 35.9 Å². The molecule has 1 N–H and O–H groups in total. The third-order valence-electron chi connectivity index (χ3n) is 4.04. The summed E-state index contributed by atoms with van der Waals surface area (Å²) < 4.78 is 23.2. The number of hydrogen-bond acceptors (Lipinski definition) is 4. The second-order valence-electron chi connectivity index (χ2n) is 5.90. The largest absolute Gasteiger partial charge is 0.348 e. The highest BCUT2D eigenvalue weighted by atomic mass is 32.2. The molecule has 0 bridgehead atoms. The molecule has 1 aromatic carbocycles. The maximum Gasteiger partial charge on any atom is 0.240 e. The highest BCUT2D eigenvalue weighted by Crippen LogP contribution is 2.18. The van der Waals surface area contributed by atoms with Gasteiger partial charge in [0.2, 0.25) is 11.8 Å². The van der Waals surface area contributed by atoms with Crippen molar-refractivity contribution in [1.82, 2.24) is 10.2 Å². The molecule has 2 unspecified atom stereocenters. The second-order valence-corrected chi connectivity index (χ2v) is 8.13. The molecule has 1 saturated heterocycles. The normalized spacial score (nSPS) is 20.7. The summed E-state index contributed by atoms with van der Waals surface area (Å²) in [5.41, 5.74) is 0.971. The van der Waals surface area contributed by atoms with E-state index in [2.05, 4.69) is 5.32 Å². The van der Waals surface area contributed by atoms with Gasteiger partial charge in [-0.15, -0.1) is 0 Å². The monoisotopic (exact) mass is 338 g/mol. The number of amides is 2. The van der Waals surface area contributed by atoms with Crippen LogP contribution in [0.4, 0.5) is 0 Å². The Kier molecular flexibility index (Phi) is 5.41. The molecule has 1 aliphatic rings. The number of carbonyl (C=O) groups excluding carboxylic acids is 2. The van der Waals surface area contributed by atoms with Gasteiger partial charge in [0.25, 0.3) is 0 Å². The molecule has 2 rings (SSSR count). The summed E-state index contributed by atoms with van der Waals surface area (Å²) >= 11 is 0. The van der Waals surface area contributed by atoms with Crippen molar-refractivity contribution in [2.45, 2.75) is 32.4 Å². The first-order valence-electron chi connectivity index (χ1n) is 7.60. The lowest BCUT2D eigenvalue weighted by atomic mass is 10.1. The van der Waals surface area contributed by atoms with Gasteiger partial charge in [-0.1, -0.05) is 30.3 Å². The maximum atomic E-state index is 12.2. The van der Waals surface area contributed by atoms with E-state index in [1.165, 1.54) is 11.8 Å². The van der Waals surface area contributed by atoms with Gasteiger partial charge in [-0.3, -0.25) is 9.59 Å². The fraction of sp³-hybridized carbons (Fsp3) is 0.500. The lowest BCUT2D eigenvalue weighted by Crippen LogP contribution is -2.46. The molecule has 6 nitrogen and oxygen atoms in total. The highest BCUT2D eigenvalue weighted by Gasteiger charge is 2.34. The first-order valence-corrected chi connectivity index (χ1v) is 9.42. The molecular formula is C16H22N2O4S. The van der Waals surface area contributed by atoms with E-state index >= 15 is 0 Å². The molecule has 0 radical (unpaired) electrons. The molecule has 0 spiro atoms. The van der Waals surface area contributed by atoms with E-state index in [1.807, 2.05) is 37.3 Å².